The first-order valence-electron chi connectivity index (χ1n) is 5.90. The van der Waals surface area contributed by atoms with Gasteiger partial charge in [-0.3, -0.25) is 0 Å². The van der Waals surface area contributed by atoms with Gasteiger partial charge in [0.15, 0.2) is 0 Å². The smallest absolute Gasteiger partial charge is 0.353 e. The Kier molecular flexibility index (Phi) is 3.22. The molecule has 0 saturated carbocycles. The van der Waals surface area contributed by atoms with Crippen molar-refractivity contribution in [2.75, 3.05) is 6.61 Å². The van der Waals surface area contributed by atoms with E-state index in [1.54, 1.807) is 5.38 Å². The Hall–Kier alpha value is -1.52. The van der Waals surface area contributed by atoms with E-state index in [0.29, 0.717) is 4.96 Å². The number of rotatable bonds is 2. The summed E-state index contributed by atoms with van der Waals surface area (Å²) in [5.41, 5.74) is -0.415. The van der Waals surface area contributed by atoms with Crippen LogP contribution in [0.1, 0.15) is 6.23 Å². The van der Waals surface area contributed by atoms with E-state index in [1.807, 2.05) is 0 Å². The Labute approximate surface area is 116 Å². The van der Waals surface area contributed by atoms with E-state index in [1.165, 1.54) is 26.5 Å². The van der Waals surface area contributed by atoms with Crippen molar-refractivity contribution < 1.29 is 29.7 Å². The minimum Gasteiger partial charge on any atom is -0.477 e. The van der Waals surface area contributed by atoms with Crippen LogP contribution in [0.5, 0.6) is 5.88 Å². The second-order valence-electron chi connectivity index (χ2n) is 4.50. The van der Waals surface area contributed by atoms with Gasteiger partial charge in [-0.15, -0.1) is 0 Å². The Bertz CT molecular complexity index is 698. The average Bonchev–Trinajstić information content (AvgIpc) is 2.99. The van der Waals surface area contributed by atoms with E-state index < -0.39 is 36.7 Å². The Morgan fingerprint density at radius 2 is 2.15 bits per heavy atom. The van der Waals surface area contributed by atoms with E-state index in [9.17, 15) is 20.1 Å². The monoisotopic (exact) mass is 301 g/mol. The van der Waals surface area contributed by atoms with Gasteiger partial charge < -0.3 is 25.2 Å². The quantitative estimate of drug-likeness (QED) is 0.475. The number of aliphatic hydroxyl groups excluding tert-OH is 3. The van der Waals surface area contributed by atoms with Crippen LogP contribution in [0.3, 0.4) is 0 Å². The van der Waals surface area contributed by atoms with Gasteiger partial charge in [0.25, 0.3) is 5.88 Å². The lowest BCUT2D eigenvalue weighted by Gasteiger charge is -2.14. The number of ether oxygens (including phenoxy) is 1. The van der Waals surface area contributed by atoms with Crippen LogP contribution in [-0.4, -0.2) is 49.7 Å². The van der Waals surface area contributed by atoms with Crippen LogP contribution >= 0.6 is 11.3 Å². The second kappa shape index (κ2) is 4.79. The summed E-state index contributed by atoms with van der Waals surface area (Å²) in [6.07, 6.45) is -3.11. The lowest BCUT2D eigenvalue weighted by Crippen LogP contribution is -2.48. The van der Waals surface area contributed by atoms with Crippen molar-refractivity contribution in [2.45, 2.75) is 24.5 Å². The van der Waals surface area contributed by atoms with Crippen LogP contribution in [0.4, 0.5) is 0 Å². The molecule has 108 valence electrons. The van der Waals surface area contributed by atoms with Crippen LogP contribution < -0.4 is 10.1 Å². The first-order valence-corrected chi connectivity index (χ1v) is 6.78. The normalized spacial score (nSPS) is 30.1. The third-order valence-electron chi connectivity index (χ3n) is 3.30. The molecule has 0 radical (unpaired) electrons. The molecule has 0 amide bonds. The van der Waals surface area contributed by atoms with Crippen molar-refractivity contribution in [1.82, 2.24) is 4.40 Å². The van der Waals surface area contributed by atoms with Crippen molar-refractivity contribution in [3.05, 3.63) is 28.0 Å². The molecule has 4 N–H and O–H groups in total. The predicted octanol–water partition coefficient (Wildman–Crippen LogP) is -2.03. The average molecular weight is 301 g/mol. The summed E-state index contributed by atoms with van der Waals surface area (Å²) in [5.74, 6) is -0.382. The molecular weight excluding hydrogens is 288 g/mol. The highest BCUT2D eigenvalue weighted by Crippen LogP contribution is 2.27. The number of aromatic hydroxyl groups is 1. The van der Waals surface area contributed by atoms with Crippen molar-refractivity contribution in [3.8, 4) is 5.88 Å². The van der Waals surface area contributed by atoms with Crippen LogP contribution in [-0.2, 0) is 4.74 Å². The van der Waals surface area contributed by atoms with Crippen LogP contribution in [0.15, 0.2) is 22.4 Å². The van der Waals surface area contributed by atoms with Crippen LogP contribution in [0.25, 0.3) is 4.96 Å². The highest BCUT2D eigenvalue weighted by Gasteiger charge is 2.47. The fourth-order valence-electron chi connectivity index (χ4n) is 2.29. The fraction of sp³-hybridized carbons (Fsp3) is 0.455. The van der Waals surface area contributed by atoms with Gasteiger partial charge in [-0.2, -0.15) is 8.97 Å². The molecule has 0 spiro atoms. The molecule has 9 heteroatoms. The van der Waals surface area contributed by atoms with Crippen molar-refractivity contribution in [3.63, 3.8) is 0 Å². The Balaban J connectivity index is 2.16. The van der Waals surface area contributed by atoms with E-state index in [2.05, 4.69) is 0 Å². The van der Waals surface area contributed by atoms with E-state index in [0.717, 1.165) is 6.07 Å². The Morgan fingerprint density at radius 1 is 1.40 bits per heavy atom. The minimum absolute atomic E-state index is 0.352. The fourth-order valence-corrected chi connectivity index (χ4v) is 3.17. The predicted molar refractivity (Wildman–Crippen MR) is 66.4 cm³/mol. The molecule has 0 aliphatic carbocycles. The first-order chi connectivity index (χ1) is 9.54. The van der Waals surface area contributed by atoms with Gasteiger partial charge >= 0.3 is 10.5 Å². The molecule has 0 bridgehead atoms. The summed E-state index contributed by atoms with van der Waals surface area (Å²) < 4.78 is 7.87. The molecule has 1 fully saturated rings. The van der Waals surface area contributed by atoms with Crippen molar-refractivity contribution in [2.24, 2.45) is 0 Å². The summed E-state index contributed by atoms with van der Waals surface area (Å²) >= 11 is 1.17. The number of hydrogen-bond donors (Lipinski definition) is 4. The zero-order valence-corrected chi connectivity index (χ0v) is 11.0. The molecule has 1 saturated heterocycles. The van der Waals surface area contributed by atoms with Crippen molar-refractivity contribution in [1.29, 1.82) is 0 Å². The van der Waals surface area contributed by atoms with Crippen molar-refractivity contribution >= 4 is 16.3 Å². The molecule has 0 aromatic carbocycles. The van der Waals surface area contributed by atoms with Gasteiger partial charge in [-0.25, -0.2) is 4.79 Å². The maximum absolute atomic E-state index is 11.7. The Morgan fingerprint density at radius 3 is 2.80 bits per heavy atom. The summed E-state index contributed by atoms with van der Waals surface area (Å²) in [6, 6.07) is 0.994. The van der Waals surface area contributed by atoms with E-state index in [-0.39, 0.29) is 5.88 Å². The molecule has 3 heterocycles. The summed E-state index contributed by atoms with van der Waals surface area (Å²) in [4.78, 5) is 12.0. The van der Waals surface area contributed by atoms with Gasteiger partial charge in [0, 0.05) is 5.38 Å². The van der Waals surface area contributed by atoms with Gasteiger partial charge in [-0.05, 0) is 0 Å². The molecule has 2 aromatic heterocycles. The topological polar surface area (TPSA) is 116 Å². The number of hydrogen-bond acceptors (Lipinski definition) is 7. The number of nitrogens with zero attached hydrogens (tertiary/aromatic N) is 2. The number of fused-ring (bicyclic) bond motifs is 1. The summed E-state index contributed by atoms with van der Waals surface area (Å²) in [5, 5.41) is 40.4. The molecule has 3 rings (SSSR count). The van der Waals surface area contributed by atoms with E-state index >= 15 is 0 Å². The summed E-state index contributed by atoms with van der Waals surface area (Å²) in [6.45, 7) is -0.462. The maximum Gasteiger partial charge on any atom is 0.353 e. The van der Waals surface area contributed by atoms with Gasteiger partial charge in [0.1, 0.15) is 30.6 Å². The van der Waals surface area contributed by atoms with Crippen LogP contribution in [0, 0.1) is 0 Å². The highest BCUT2D eigenvalue weighted by atomic mass is 32.1. The molecule has 1 aliphatic heterocycles. The summed E-state index contributed by atoms with van der Waals surface area (Å²) in [7, 11) is 0. The molecular formula is C11H13N2O6S+. The minimum atomic E-state index is -1.33. The van der Waals surface area contributed by atoms with Gasteiger partial charge in [-0.1, -0.05) is 11.3 Å². The molecule has 4 atom stereocenters. The molecule has 8 nitrogen and oxygen atoms in total. The highest BCUT2D eigenvalue weighted by molar-refractivity contribution is 7.14. The third-order valence-corrected chi connectivity index (χ3v) is 4.17. The number of aromatic nitrogens is 2. The largest absolute Gasteiger partial charge is 0.477 e. The third kappa shape index (κ3) is 1.83. The zero-order chi connectivity index (χ0) is 14.4. The lowest BCUT2D eigenvalue weighted by atomic mass is 10.1. The molecule has 20 heavy (non-hydrogen) atoms. The zero-order valence-electron chi connectivity index (χ0n) is 10.2. The molecule has 0 unspecified atom stereocenters. The van der Waals surface area contributed by atoms with E-state index in [4.69, 9.17) is 9.84 Å². The lowest BCUT2D eigenvalue weighted by molar-refractivity contribution is -0.749. The second-order valence-corrected chi connectivity index (χ2v) is 5.37. The van der Waals surface area contributed by atoms with Gasteiger partial charge in [0.2, 0.25) is 6.23 Å². The number of thiazole rings is 1. The first kappa shape index (κ1) is 13.5. The SMILES string of the molecule is O=c1cc(O)[n+]([C@@H]2O[C@H](CO)[C@@H](O)[C@H]2O)c2sccn12. The maximum atomic E-state index is 11.7. The van der Waals surface area contributed by atoms with Crippen LogP contribution in [0.2, 0.25) is 0 Å². The molecule has 2 aromatic rings. The standard InChI is InChI=1S/C11H12N2O6S/c14-4-5-8(17)9(18)10(19-5)13-7(16)3-6(15)12-1-2-20-11(12)13/h1-3,5,8-10,14,17-18H,4H2/p+1/t5-,8-,9-,10-/m1/s1. The van der Waals surface area contributed by atoms with Gasteiger partial charge in [0.05, 0.1) is 6.61 Å². The number of aliphatic hydroxyl groups is 3. The molecule has 1 aliphatic rings.